The van der Waals surface area contributed by atoms with Gasteiger partial charge in [0.25, 0.3) is 0 Å². The number of unbranched alkanes of at least 4 members (excludes halogenated alkanes) is 19. The molecule has 0 saturated heterocycles. The highest BCUT2D eigenvalue weighted by Crippen LogP contribution is 2.16. The van der Waals surface area contributed by atoms with E-state index in [1.54, 1.807) is 0 Å². The van der Waals surface area contributed by atoms with Gasteiger partial charge in [-0.25, -0.2) is 4.79 Å². The second-order valence-corrected chi connectivity index (χ2v) is 12.7. The molecule has 0 radical (unpaired) electrons. The number of hydrogen-bond donors (Lipinski definition) is 4. The molecule has 0 heterocycles. The minimum Gasteiger partial charge on any atom is -0.480 e. The number of carboxylic acids is 1. The van der Waals surface area contributed by atoms with Crippen LogP contribution in [0.3, 0.4) is 0 Å². The molecule has 4 N–H and O–H groups in total. The van der Waals surface area contributed by atoms with Crippen molar-refractivity contribution < 1.29 is 34.1 Å². The molecule has 0 rings (SSSR count). The highest BCUT2D eigenvalue weighted by molar-refractivity contribution is 5.87. The maximum atomic E-state index is 12.5. The van der Waals surface area contributed by atoms with E-state index in [1.807, 2.05) is 6.08 Å². The predicted molar refractivity (Wildman–Crippen MR) is 185 cm³/mol. The van der Waals surface area contributed by atoms with Gasteiger partial charge in [-0.2, -0.15) is 0 Å². The summed E-state index contributed by atoms with van der Waals surface area (Å²) in [6.07, 6.45) is 31.4. The molecule has 0 fully saturated rings. The van der Waals surface area contributed by atoms with Crippen molar-refractivity contribution in [3.05, 3.63) is 12.2 Å². The number of amides is 2. The molecule has 46 heavy (non-hydrogen) atoms. The fourth-order valence-electron chi connectivity index (χ4n) is 5.32. The van der Waals surface area contributed by atoms with Gasteiger partial charge in [-0.15, -0.1) is 0 Å². The van der Waals surface area contributed by atoms with Crippen LogP contribution in [0.1, 0.15) is 174 Å². The monoisotopic (exact) mass is 653 g/mol. The Balaban J connectivity index is 4.03. The Kier molecular flexibility index (Phi) is 30.8. The van der Waals surface area contributed by atoms with Crippen molar-refractivity contribution >= 4 is 23.8 Å². The van der Waals surface area contributed by atoms with Crippen molar-refractivity contribution in [1.29, 1.82) is 0 Å². The van der Waals surface area contributed by atoms with E-state index >= 15 is 0 Å². The Morgan fingerprint density at radius 2 is 1.15 bits per heavy atom. The van der Waals surface area contributed by atoms with Crippen LogP contribution in [0.25, 0.3) is 0 Å². The summed E-state index contributed by atoms with van der Waals surface area (Å²) in [5, 5.41) is 22.4. The Hall–Kier alpha value is -2.42. The van der Waals surface area contributed by atoms with Gasteiger partial charge in [0.15, 0.2) is 0 Å². The second kappa shape index (κ2) is 32.5. The van der Waals surface area contributed by atoms with Crippen molar-refractivity contribution in [2.45, 2.75) is 187 Å². The van der Waals surface area contributed by atoms with Gasteiger partial charge in [0.05, 0.1) is 13.2 Å². The van der Waals surface area contributed by atoms with E-state index in [1.165, 1.54) is 83.5 Å². The standard InChI is InChI=1S/C37H68N2O7/c1-3-5-7-9-10-11-12-13-14-15-16-17-18-19-25-29-36(43)46-32(26-22-8-6-4-2)27-23-20-21-24-28-34(41)38-30-35(42)39-33(31-40)37(44)45/h22,26,32-33,40H,3-21,23-25,27-31H2,1-2H3,(H,38,41)(H,39,42)(H,44,45)/b26-22-. The zero-order chi connectivity index (χ0) is 34.1. The number of allylic oxidation sites excluding steroid dienone is 1. The Bertz CT molecular complexity index is 803. The van der Waals surface area contributed by atoms with E-state index in [-0.39, 0.29) is 30.9 Å². The zero-order valence-corrected chi connectivity index (χ0v) is 29.3. The highest BCUT2D eigenvalue weighted by Gasteiger charge is 2.18. The summed E-state index contributed by atoms with van der Waals surface area (Å²) in [6, 6.07) is -1.39. The molecule has 268 valence electrons. The number of ether oxygens (including phenoxy) is 1. The maximum absolute atomic E-state index is 12.5. The van der Waals surface area contributed by atoms with E-state index in [2.05, 4.69) is 30.6 Å². The number of rotatable bonds is 33. The van der Waals surface area contributed by atoms with Crippen molar-refractivity contribution in [2.75, 3.05) is 13.2 Å². The molecule has 0 saturated carbocycles. The lowest BCUT2D eigenvalue weighted by atomic mass is 10.0. The summed E-state index contributed by atoms with van der Waals surface area (Å²) in [7, 11) is 0. The minimum absolute atomic E-state index is 0.116. The first-order valence-corrected chi connectivity index (χ1v) is 18.6. The predicted octanol–water partition coefficient (Wildman–Crippen LogP) is 7.92. The lowest BCUT2D eigenvalue weighted by Gasteiger charge is -2.15. The van der Waals surface area contributed by atoms with Gasteiger partial charge in [-0.3, -0.25) is 14.4 Å². The summed E-state index contributed by atoms with van der Waals surface area (Å²) in [6.45, 7) is 3.37. The number of carbonyl (C=O) groups excluding carboxylic acids is 3. The highest BCUT2D eigenvalue weighted by atomic mass is 16.5. The van der Waals surface area contributed by atoms with Crippen molar-refractivity contribution in [3.8, 4) is 0 Å². The minimum atomic E-state index is -1.39. The average molecular weight is 653 g/mol. The third-order valence-corrected chi connectivity index (χ3v) is 8.25. The van der Waals surface area contributed by atoms with E-state index in [0.717, 1.165) is 57.8 Å². The average Bonchev–Trinajstić information content (AvgIpc) is 3.03. The molecule has 2 amide bonds. The Morgan fingerprint density at radius 3 is 1.67 bits per heavy atom. The number of nitrogens with one attached hydrogen (secondary N) is 2. The molecule has 0 aromatic heterocycles. The van der Waals surface area contributed by atoms with Crippen molar-refractivity contribution in [2.24, 2.45) is 0 Å². The summed E-state index contributed by atoms with van der Waals surface area (Å²) in [5.74, 6) is -2.40. The summed E-state index contributed by atoms with van der Waals surface area (Å²) in [4.78, 5) is 47.1. The molecule has 0 aromatic rings. The molecule has 0 aromatic carbocycles. The number of hydrogen-bond acceptors (Lipinski definition) is 6. The number of carbonyl (C=O) groups is 4. The summed E-state index contributed by atoms with van der Waals surface area (Å²) >= 11 is 0. The fraction of sp³-hybridized carbons (Fsp3) is 0.838. The van der Waals surface area contributed by atoms with Gasteiger partial charge in [-0.1, -0.05) is 135 Å². The van der Waals surface area contributed by atoms with Crippen LogP contribution in [0.15, 0.2) is 12.2 Å². The normalized spacial score (nSPS) is 12.6. The molecular weight excluding hydrogens is 584 g/mol. The lowest BCUT2D eigenvalue weighted by Crippen LogP contribution is -2.47. The first-order valence-electron chi connectivity index (χ1n) is 18.6. The van der Waals surface area contributed by atoms with Gasteiger partial charge >= 0.3 is 11.9 Å². The van der Waals surface area contributed by atoms with Crippen LogP contribution < -0.4 is 10.6 Å². The van der Waals surface area contributed by atoms with Crippen LogP contribution in [0.5, 0.6) is 0 Å². The van der Waals surface area contributed by atoms with Crippen LogP contribution in [0.2, 0.25) is 0 Å². The van der Waals surface area contributed by atoms with Gasteiger partial charge in [0.2, 0.25) is 11.8 Å². The molecule has 2 unspecified atom stereocenters. The van der Waals surface area contributed by atoms with E-state index in [4.69, 9.17) is 14.9 Å². The largest absolute Gasteiger partial charge is 0.480 e. The number of aliphatic hydroxyl groups is 1. The van der Waals surface area contributed by atoms with Crippen LogP contribution >= 0.6 is 0 Å². The maximum Gasteiger partial charge on any atom is 0.328 e. The van der Waals surface area contributed by atoms with Gasteiger partial charge in [0, 0.05) is 12.8 Å². The topological polar surface area (TPSA) is 142 Å². The number of aliphatic carboxylic acids is 1. The Morgan fingerprint density at radius 1 is 0.652 bits per heavy atom. The molecule has 0 spiro atoms. The third-order valence-electron chi connectivity index (χ3n) is 8.25. The van der Waals surface area contributed by atoms with Crippen LogP contribution in [-0.2, 0) is 23.9 Å². The first-order chi connectivity index (χ1) is 22.3. The molecule has 0 aliphatic carbocycles. The molecule has 0 bridgehead atoms. The van der Waals surface area contributed by atoms with Crippen LogP contribution in [-0.4, -0.2) is 59.3 Å². The molecule has 9 heteroatoms. The van der Waals surface area contributed by atoms with Gasteiger partial charge in [-0.05, 0) is 38.2 Å². The van der Waals surface area contributed by atoms with Crippen LogP contribution in [0.4, 0.5) is 0 Å². The number of esters is 1. The lowest BCUT2D eigenvalue weighted by molar-refractivity contribution is -0.147. The summed E-state index contributed by atoms with van der Waals surface area (Å²) < 4.78 is 5.82. The molecule has 9 nitrogen and oxygen atoms in total. The molecule has 0 aliphatic heterocycles. The number of aliphatic hydroxyl groups excluding tert-OH is 1. The smallest absolute Gasteiger partial charge is 0.328 e. The first kappa shape index (κ1) is 43.6. The van der Waals surface area contributed by atoms with Crippen molar-refractivity contribution in [3.63, 3.8) is 0 Å². The molecular formula is C37H68N2O7. The fourth-order valence-corrected chi connectivity index (χ4v) is 5.32. The Labute approximate surface area is 280 Å². The van der Waals surface area contributed by atoms with E-state index < -0.39 is 24.5 Å². The SMILES string of the molecule is CCCC/C=C\C(CCCCCCC(=O)NCC(=O)NC(CO)C(=O)O)OC(=O)CCCCCCCCCCCCCCCCC. The third kappa shape index (κ3) is 29.0. The van der Waals surface area contributed by atoms with Gasteiger partial charge in [0.1, 0.15) is 12.1 Å². The van der Waals surface area contributed by atoms with E-state index in [9.17, 15) is 19.2 Å². The van der Waals surface area contributed by atoms with Crippen LogP contribution in [0, 0.1) is 0 Å². The molecule has 2 atom stereocenters. The van der Waals surface area contributed by atoms with E-state index in [0.29, 0.717) is 12.8 Å². The number of carboxylic acid groups (broad SMARTS) is 1. The van der Waals surface area contributed by atoms with Gasteiger partial charge < -0.3 is 25.6 Å². The summed E-state index contributed by atoms with van der Waals surface area (Å²) in [5.41, 5.74) is 0. The zero-order valence-electron chi connectivity index (χ0n) is 29.3. The second-order valence-electron chi connectivity index (χ2n) is 12.7. The van der Waals surface area contributed by atoms with Crippen molar-refractivity contribution in [1.82, 2.24) is 10.6 Å². The quantitative estimate of drug-likeness (QED) is 0.0320. The molecule has 0 aliphatic rings.